The molecule has 4 rings (SSSR count). The second-order valence-electron chi connectivity index (χ2n) is 7.11. The molecule has 1 aromatic heterocycles. The third-order valence-corrected chi connectivity index (χ3v) is 5.29. The van der Waals surface area contributed by atoms with E-state index < -0.39 is 5.97 Å². The van der Waals surface area contributed by atoms with Crippen LogP contribution in [0.1, 0.15) is 27.0 Å². The summed E-state index contributed by atoms with van der Waals surface area (Å²) in [4.78, 5) is 11.6. The number of carboxylic acid groups (broad SMARTS) is 1. The van der Waals surface area contributed by atoms with E-state index in [0.717, 1.165) is 11.1 Å². The van der Waals surface area contributed by atoms with E-state index in [0.29, 0.717) is 33.8 Å². The Labute approximate surface area is 182 Å². The van der Waals surface area contributed by atoms with E-state index >= 15 is 0 Å². The van der Waals surface area contributed by atoms with Crippen molar-refractivity contribution in [2.24, 2.45) is 0 Å². The molecule has 4 aromatic rings. The van der Waals surface area contributed by atoms with Crippen LogP contribution in [-0.2, 0) is 19.8 Å². The topological polar surface area (TPSA) is 71.7 Å². The molecular weight excluding hydrogens is 421 g/mol. The van der Waals surface area contributed by atoms with Gasteiger partial charge in [-0.05, 0) is 48.0 Å². The van der Waals surface area contributed by atoms with Gasteiger partial charge in [0, 0.05) is 33.2 Å². The van der Waals surface area contributed by atoms with Crippen LogP contribution in [0, 0.1) is 5.82 Å². The first kappa shape index (κ1) is 20.9. The van der Waals surface area contributed by atoms with E-state index in [2.05, 4.69) is 0 Å². The number of fused-ring (bicyclic) bond motifs is 1. The number of halogens is 2. The van der Waals surface area contributed by atoms with E-state index in [1.807, 2.05) is 10.6 Å². The smallest absolute Gasteiger partial charge is 0.336 e. The molecule has 0 aliphatic heterocycles. The highest BCUT2D eigenvalue weighted by atomic mass is 35.5. The van der Waals surface area contributed by atoms with E-state index in [-0.39, 0.29) is 24.6 Å². The number of rotatable bonds is 7. The summed E-state index contributed by atoms with van der Waals surface area (Å²) in [5.41, 5.74) is 2.97. The monoisotopic (exact) mass is 439 g/mol. The van der Waals surface area contributed by atoms with Crippen molar-refractivity contribution in [1.82, 2.24) is 4.57 Å². The van der Waals surface area contributed by atoms with E-state index in [1.54, 1.807) is 42.6 Å². The molecule has 0 bridgehead atoms. The lowest BCUT2D eigenvalue weighted by molar-refractivity contribution is 0.0699. The first-order valence-electron chi connectivity index (χ1n) is 9.57. The molecule has 0 radical (unpaired) electrons. The van der Waals surface area contributed by atoms with Gasteiger partial charge in [0.25, 0.3) is 0 Å². The Morgan fingerprint density at radius 1 is 1.06 bits per heavy atom. The number of aromatic carboxylic acids is 1. The molecule has 7 heteroatoms. The minimum Gasteiger partial charge on any atom is -0.489 e. The van der Waals surface area contributed by atoms with Crippen molar-refractivity contribution in [3.05, 3.63) is 100.0 Å². The lowest BCUT2D eigenvalue weighted by atomic mass is 10.1. The standard InChI is InChI=1S/C24H19ClFNO4/c25-18-6-9-22(31-14-15-4-7-19(26)8-5-15)16(10-18)11-27-12-17(13-28)23-20(24(29)30)2-1-3-21(23)27/h1-10,12,28H,11,13-14H2,(H,29,30). The van der Waals surface area contributed by atoms with Gasteiger partial charge in [-0.15, -0.1) is 0 Å². The number of carbonyl (C=O) groups is 1. The van der Waals surface area contributed by atoms with Gasteiger partial charge in [0.2, 0.25) is 0 Å². The average molecular weight is 440 g/mol. The van der Waals surface area contributed by atoms with Gasteiger partial charge in [-0.2, -0.15) is 0 Å². The Hall–Kier alpha value is -3.35. The summed E-state index contributed by atoms with van der Waals surface area (Å²) in [7, 11) is 0. The SMILES string of the molecule is O=C(O)c1cccc2c1c(CO)cn2Cc1cc(Cl)ccc1OCc1ccc(F)cc1. The summed E-state index contributed by atoms with van der Waals surface area (Å²) >= 11 is 6.21. The van der Waals surface area contributed by atoms with E-state index in [9.17, 15) is 19.4 Å². The van der Waals surface area contributed by atoms with Crippen LogP contribution in [0.2, 0.25) is 5.02 Å². The molecule has 1 heterocycles. The number of nitrogens with zero attached hydrogens (tertiary/aromatic N) is 1. The van der Waals surface area contributed by atoms with Crippen LogP contribution in [-0.4, -0.2) is 20.7 Å². The average Bonchev–Trinajstić information content (AvgIpc) is 3.12. The first-order valence-corrected chi connectivity index (χ1v) is 9.94. The first-order chi connectivity index (χ1) is 15.0. The number of hydrogen-bond donors (Lipinski definition) is 2. The van der Waals surface area contributed by atoms with Gasteiger partial charge in [-0.25, -0.2) is 9.18 Å². The molecule has 0 saturated carbocycles. The van der Waals surface area contributed by atoms with E-state index in [1.165, 1.54) is 18.2 Å². The van der Waals surface area contributed by atoms with Gasteiger partial charge in [0.05, 0.1) is 18.7 Å². The number of hydrogen-bond acceptors (Lipinski definition) is 3. The fourth-order valence-corrected chi connectivity index (χ4v) is 3.80. The molecule has 0 aliphatic rings. The zero-order valence-electron chi connectivity index (χ0n) is 16.4. The lowest BCUT2D eigenvalue weighted by Gasteiger charge is -2.14. The quantitative estimate of drug-likeness (QED) is 0.412. The van der Waals surface area contributed by atoms with Crippen molar-refractivity contribution in [1.29, 1.82) is 0 Å². The number of benzene rings is 3. The molecule has 0 unspecified atom stereocenters. The largest absolute Gasteiger partial charge is 0.489 e. The summed E-state index contributed by atoms with van der Waals surface area (Å²) in [5, 5.41) is 20.3. The highest BCUT2D eigenvalue weighted by molar-refractivity contribution is 6.30. The molecular formula is C24H19ClFNO4. The predicted octanol–water partition coefficient (Wildman–Crippen LogP) is 5.25. The van der Waals surface area contributed by atoms with Crippen molar-refractivity contribution < 1.29 is 24.1 Å². The Morgan fingerprint density at radius 2 is 1.84 bits per heavy atom. The fourth-order valence-electron chi connectivity index (χ4n) is 3.61. The van der Waals surface area contributed by atoms with Crippen molar-refractivity contribution >= 4 is 28.5 Å². The van der Waals surface area contributed by atoms with Gasteiger partial charge in [0.15, 0.2) is 0 Å². The molecule has 0 amide bonds. The van der Waals surface area contributed by atoms with Crippen LogP contribution in [0.15, 0.2) is 66.9 Å². The molecule has 0 aliphatic carbocycles. The number of carboxylic acids is 1. The summed E-state index contributed by atoms with van der Waals surface area (Å²) in [6.07, 6.45) is 1.74. The van der Waals surface area contributed by atoms with Gasteiger partial charge in [-0.1, -0.05) is 29.8 Å². The number of aliphatic hydroxyl groups is 1. The number of ether oxygens (including phenoxy) is 1. The van der Waals surface area contributed by atoms with E-state index in [4.69, 9.17) is 16.3 Å². The van der Waals surface area contributed by atoms with Gasteiger partial charge in [-0.3, -0.25) is 0 Å². The zero-order chi connectivity index (χ0) is 22.0. The maximum Gasteiger partial charge on any atom is 0.336 e. The summed E-state index contributed by atoms with van der Waals surface area (Å²) in [6, 6.07) is 16.4. The molecule has 0 fully saturated rings. The number of aliphatic hydroxyl groups excluding tert-OH is 1. The maximum absolute atomic E-state index is 13.1. The lowest BCUT2D eigenvalue weighted by Crippen LogP contribution is -2.04. The third kappa shape index (κ3) is 4.40. The highest BCUT2D eigenvalue weighted by Gasteiger charge is 2.17. The summed E-state index contributed by atoms with van der Waals surface area (Å²) in [6.45, 7) is 0.336. The Morgan fingerprint density at radius 3 is 2.55 bits per heavy atom. The van der Waals surface area contributed by atoms with Crippen LogP contribution in [0.3, 0.4) is 0 Å². The van der Waals surface area contributed by atoms with Crippen molar-refractivity contribution in [3.63, 3.8) is 0 Å². The molecule has 0 spiro atoms. The molecule has 158 valence electrons. The molecule has 3 aromatic carbocycles. The van der Waals surface area contributed by atoms with Gasteiger partial charge >= 0.3 is 5.97 Å². The maximum atomic E-state index is 13.1. The van der Waals surface area contributed by atoms with Gasteiger partial charge in [0.1, 0.15) is 18.2 Å². The normalized spacial score (nSPS) is 11.1. The Balaban J connectivity index is 1.68. The summed E-state index contributed by atoms with van der Waals surface area (Å²) < 4.78 is 20.9. The van der Waals surface area contributed by atoms with Crippen molar-refractivity contribution in [3.8, 4) is 5.75 Å². The minimum atomic E-state index is -1.05. The van der Waals surface area contributed by atoms with Crippen molar-refractivity contribution in [2.75, 3.05) is 0 Å². The fraction of sp³-hybridized carbons (Fsp3) is 0.125. The minimum absolute atomic E-state index is 0.138. The second kappa shape index (κ2) is 8.79. The molecule has 2 N–H and O–H groups in total. The molecule has 0 saturated heterocycles. The Bertz CT molecular complexity index is 1250. The highest BCUT2D eigenvalue weighted by Crippen LogP contribution is 2.30. The molecule has 0 atom stereocenters. The van der Waals surface area contributed by atoms with Crippen molar-refractivity contribution in [2.45, 2.75) is 19.8 Å². The number of aromatic nitrogens is 1. The molecule has 31 heavy (non-hydrogen) atoms. The summed E-state index contributed by atoms with van der Waals surface area (Å²) in [5.74, 6) is -0.754. The Kier molecular flexibility index (Phi) is 5.93. The third-order valence-electron chi connectivity index (χ3n) is 5.06. The molecule has 5 nitrogen and oxygen atoms in total. The van der Waals surface area contributed by atoms with Crippen LogP contribution >= 0.6 is 11.6 Å². The van der Waals surface area contributed by atoms with Crippen LogP contribution in [0.4, 0.5) is 4.39 Å². The second-order valence-corrected chi connectivity index (χ2v) is 7.55. The van der Waals surface area contributed by atoms with Crippen LogP contribution in [0.25, 0.3) is 10.9 Å². The van der Waals surface area contributed by atoms with Crippen LogP contribution in [0.5, 0.6) is 5.75 Å². The predicted molar refractivity (Wildman–Crippen MR) is 116 cm³/mol. The van der Waals surface area contributed by atoms with Crippen LogP contribution < -0.4 is 4.74 Å². The van der Waals surface area contributed by atoms with Gasteiger partial charge < -0.3 is 19.5 Å². The zero-order valence-corrected chi connectivity index (χ0v) is 17.1.